The van der Waals surface area contributed by atoms with Crippen LogP contribution in [0, 0.1) is 41.5 Å². The van der Waals surface area contributed by atoms with Crippen LogP contribution in [0.4, 0.5) is 5.69 Å². The number of nitrogens with one attached hydrogen (secondary N) is 2. The summed E-state index contributed by atoms with van der Waals surface area (Å²) in [6.45, 7) is 15.6. The molecule has 0 radical (unpaired) electrons. The number of carbonyl (C=O) groups is 2. The summed E-state index contributed by atoms with van der Waals surface area (Å²) in [7, 11) is 0. The molecule has 0 aliphatic carbocycles. The van der Waals surface area contributed by atoms with E-state index in [1.165, 1.54) is 39.0 Å². The molecule has 3 aromatic heterocycles. The first kappa shape index (κ1) is 37.5. The normalized spacial score (nSPS) is 12.7. The number of amides is 1. The van der Waals surface area contributed by atoms with Crippen LogP contribution in [0.15, 0.2) is 42.6 Å². The molecule has 1 fully saturated rings. The molecule has 0 saturated carbocycles. The smallest absolute Gasteiger partial charge is 0.290 e. The molecule has 0 bridgehead atoms. The second kappa shape index (κ2) is 17.4. The lowest BCUT2D eigenvalue weighted by Crippen LogP contribution is -2.45. The van der Waals surface area contributed by atoms with Gasteiger partial charge in [-0.05, 0) is 108 Å². The van der Waals surface area contributed by atoms with Crippen molar-refractivity contribution < 1.29 is 14.7 Å². The number of benzene rings is 2. The number of piperazine rings is 1. The molecule has 260 valence electrons. The molecule has 11 heteroatoms. The van der Waals surface area contributed by atoms with E-state index < -0.39 is 0 Å². The molecule has 0 unspecified atom stereocenters. The van der Waals surface area contributed by atoms with E-state index in [4.69, 9.17) is 33.1 Å². The van der Waals surface area contributed by atoms with Crippen LogP contribution in [-0.4, -0.2) is 69.2 Å². The standard InChI is InChI=1S/C26H29Cl2N3.C11H15N3O.CH2O2/c1-14-12-19(13-15(2)25(14)28)8-6-7-9-20-16(3)29-26-21(20)10-11-22(27)24(26)23-17(4)30-31-18(23)5;1-10-8-11(2-3-12-10)14-6-4-13(9-15)5-7-14;2-1-3/h10-13,29H,6-9H2,1-5H3,(H,30,31);2-3,8-9H,4-7H2,1H3;1H,(H,2,3). The number of carboxylic acid groups (broad SMARTS) is 1. The van der Waals surface area contributed by atoms with E-state index in [1.54, 1.807) is 0 Å². The first-order chi connectivity index (χ1) is 23.5. The van der Waals surface area contributed by atoms with Crippen LogP contribution in [0.3, 0.4) is 0 Å². The van der Waals surface area contributed by atoms with Gasteiger partial charge in [-0.3, -0.25) is 19.7 Å². The van der Waals surface area contributed by atoms with Gasteiger partial charge in [-0.15, -0.1) is 0 Å². The molecule has 2 aromatic carbocycles. The molecular formula is C38H46Cl2N6O3. The van der Waals surface area contributed by atoms with Crippen molar-refractivity contribution in [1.29, 1.82) is 0 Å². The number of hydrogen-bond acceptors (Lipinski definition) is 5. The average Bonchev–Trinajstić information content (AvgIpc) is 3.58. The molecule has 1 saturated heterocycles. The maximum absolute atomic E-state index is 10.6. The second-order valence-electron chi connectivity index (χ2n) is 12.5. The molecule has 49 heavy (non-hydrogen) atoms. The predicted molar refractivity (Wildman–Crippen MR) is 200 cm³/mol. The number of hydrogen-bond donors (Lipinski definition) is 3. The van der Waals surface area contributed by atoms with Crippen LogP contribution in [0.5, 0.6) is 0 Å². The van der Waals surface area contributed by atoms with Crippen molar-refractivity contribution in [3.63, 3.8) is 0 Å². The van der Waals surface area contributed by atoms with Gasteiger partial charge in [-0.1, -0.05) is 41.4 Å². The minimum Gasteiger partial charge on any atom is -0.483 e. The molecule has 0 atom stereocenters. The van der Waals surface area contributed by atoms with Crippen LogP contribution >= 0.6 is 23.2 Å². The lowest BCUT2D eigenvalue weighted by Gasteiger charge is -2.34. The summed E-state index contributed by atoms with van der Waals surface area (Å²) in [5, 5.41) is 17.2. The summed E-state index contributed by atoms with van der Waals surface area (Å²) in [5.74, 6) is 0. The van der Waals surface area contributed by atoms with E-state index in [0.29, 0.717) is 0 Å². The third-order valence-corrected chi connectivity index (χ3v) is 9.88. The Labute approximate surface area is 298 Å². The van der Waals surface area contributed by atoms with E-state index >= 15 is 0 Å². The van der Waals surface area contributed by atoms with Gasteiger partial charge >= 0.3 is 0 Å². The second-order valence-corrected chi connectivity index (χ2v) is 13.3. The molecular weight excluding hydrogens is 659 g/mol. The van der Waals surface area contributed by atoms with Gasteiger partial charge in [0.1, 0.15) is 0 Å². The molecule has 6 rings (SSSR count). The van der Waals surface area contributed by atoms with Gasteiger partial charge in [-0.25, -0.2) is 0 Å². The molecule has 9 nitrogen and oxygen atoms in total. The summed E-state index contributed by atoms with van der Waals surface area (Å²) < 4.78 is 0. The Balaban J connectivity index is 0.000000250. The molecule has 0 spiro atoms. The Hall–Kier alpha value is -4.34. The lowest BCUT2D eigenvalue weighted by molar-refractivity contribution is -0.123. The molecule has 1 aliphatic heterocycles. The maximum atomic E-state index is 10.6. The molecule has 1 aliphatic rings. The zero-order chi connectivity index (χ0) is 35.7. The van der Waals surface area contributed by atoms with Crippen molar-refractivity contribution in [3.05, 3.63) is 97.7 Å². The van der Waals surface area contributed by atoms with E-state index in [2.05, 4.69) is 70.1 Å². The van der Waals surface area contributed by atoms with Crippen molar-refractivity contribution in [2.24, 2.45) is 0 Å². The third-order valence-electron chi connectivity index (χ3n) is 8.97. The van der Waals surface area contributed by atoms with Gasteiger partial charge in [0.25, 0.3) is 6.47 Å². The van der Waals surface area contributed by atoms with Gasteiger partial charge in [0.2, 0.25) is 6.41 Å². The highest BCUT2D eigenvalue weighted by Gasteiger charge is 2.20. The van der Waals surface area contributed by atoms with Gasteiger partial charge < -0.3 is 19.9 Å². The minimum absolute atomic E-state index is 0.250. The Kier molecular flexibility index (Phi) is 13.3. The first-order valence-electron chi connectivity index (χ1n) is 16.5. The van der Waals surface area contributed by atoms with E-state index in [1.807, 2.05) is 44.0 Å². The van der Waals surface area contributed by atoms with Crippen molar-refractivity contribution in [1.82, 2.24) is 25.1 Å². The Morgan fingerprint density at radius 3 is 2.10 bits per heavy atom. The topological polar surface area (TPSA) is 118 Å². The minimum atomic E-state index is -0.250. The average molecular weight is 706 g/mol. The molecule has 1 amide bonds. The summed E-state index contributed by atoms with van der Waals surface area (Å²) >= 11 is 13.0. The monoisotopic (exact) mass is 704 g/mol. The molecule has 3 N–H and O–H groups in total. The number of aryl methyl sites for hydroxylation is 8. The van der Waals surface area contributed by atoms with E-state index in [9.17, 15) is 4.79 Å². The number of carbonyl (C=O) groups excluding carboxylic acids is 1. The first-order valence-corrected chi connectivity index (χ1v) is 17.3. The van der Waals surface area contributed by atoms with E-state index in [-0.39, 0.29) is 6.47 Å². The number of unbranched alkanes of at least 4 members (excludes halogenated alkanes) is 1. The SMILES string of the molecule is Cc1cc(CCCCc2c(C)[nH]c3c(-c4c(C)n[nH]c4C)c(Cl)ccc23)cc(C)c1Cl.Cc1cc(N2CCN(C=O)CC2)ccn1.O=CO. The highest BCUT2D eigenvalue weighted by atomic mass is 35.5. The number of rotatable bonds is 8. The highest BCUT2D eigenvalue weighted by Crippen LogP contribution is 2.39. The molecule has 5 aromatic rings. The fourth-order valence-corrected chi connectivity index (χ4v) is 6.89. The number of aromatic amines is 2. The number of halogens is 2. The Morgan fingerprint density at radius 1 is 0.857 bits per heavy atom. The van der Waals surface area contributed by atoms with Crippen molar-refractivity contribution in [3.8, 4) is 11.1 Å². The van der Waals surface area contributed by atoms with Crippen LogP contribution in [0.1, 0.15) is 57.9 Å². The van der Waals surface area contributed by atoms with Gasteiger partial charge in [0.05, 0.1) is 16.2 Å². The summed E-state index contributed by atoms with van der Waals surface area (Å²) in [6, 6.07) is 12.7. The van der Waals surface area contributed by atoms with Gasteiger partial charge in [-0.2, -0.15) is 5.10 Å². The number of anilines is 1. The third kappa shape index (κ3) is 9.22. The fourth-order valence-electron chi connectivity index (χ4n) is 6.53. The van der Waals surface area contributed by atoms with E-state index in [0.717, 1.165) is 102 Å². The van der Waals surface area contributed by atoms with Gasteiger partial charge in [0, 0.05) is 76.7 Å². The zero-order valence-electron chi connectivity index (χ0n) is 29.2. The van der Waals surface area contributed by atoms with Crippen LogP contribution in [0.2, 0.25) is 10.0 Å². The number of pyridine rings is 1. The van der Waals surface area contributed by atoms with Gasteiger partial charge in [0.15, 0.2) is 0 Å². The Bertz CT molecular complexity index is 1850. The predicted octanol–water partition coefficient (Wildman–Crippen LogP) is 8.34. The zero-order valence-corrected chi connectivity index (χ0v) is 30.7. The van der Waals surface area contributed by atoms with Crippen molar-refractivity contribution >= 4 is 52.7 Å². The van der Waals surface area contributed by atoms with Crippen LogP contribution in [-0.2, 0) is 22.4 Å². The number of nitrogens with zero attached hydrogens (tertiary/aromatic N) is 4. The number of H-pyrrole nitrogens is 2. The summed E-state index contributed by atoms with van der Waals surface area (Å²) in [6.07, 6.45) is 7.15. The number of aromatic nitrogens is 4. The maximum Gasteiger partial charge on any atom is 0.290 e. The van der Waals surface area contributed by atoms with Crippen molar-refractivity contribution in [2.75, 3.05) is 31.1 Å². The van der Waals surface area contributed by atoms with Crippen molar-refractivity contribution in [2.45, 2.75) is 67.2 Å². The highest BCUT2D eigenvalue weighted by molar-refractivity contribution is 6.35. The Morgan fingerprint density at radius 2 is 1.51 bits per heavy atom. The summed E-state index contributed by atoms with van der Waals surface area (Å²) in [5.41, 5.74) is 13.8. The lowest BCUT2D eigenvalue weighted by atomic mass is 9.97. The quantitative estimate of drug-likeness (QED) is 0.110. The fraction of sp³-hybridized carbons (Fsp3) is 0.368. The van der Waals surface area contributed by atoms with Crippen LogP contribution in [0.25, 0.3) is 22.0 Å². The van der Waals surface area contributed by atoms with Crippen LogP contribution < -0.4 is 4.90 Å². The molecule has 4 heterocycles. The summed E-state index contributed by atoms with van der Waals surface area (Å²) in [4.78, 5) is 30.8. The number of fused-ring (bicyclic) bond motifs is 1. The largest absolute Gasteiger partial charge is 0.483 e.